The van der Waals surface area contributed by atoms with Gasteiger partial charge in [0.2, 0.25) is 0 Å². The lowest BCUT2D eigenvalue weighted by Crippen LogP contribution is -2.38. The number of rotatable bonds is 8. The van der Waals surface area contributed by atoms with Crippen molar-refractivity contribution in [2.75, 3.05) is 25.9 Å². The highest BCUT2D eigenvalue weighted by Gasteiger charge is 2.07. The summed E-state index contributed by atoms with van der Waals surface area (Å²) in [5, 5.41) is 10.1. The molecule has 0 aliphatic rings. The Bertz CT molecular complexity index is 845. The Kier molecular flexibility index (Phi) is 9.43. The number of fused-ring (bicyclic) bond motifs is 1. The van der Waals surface area contributed by atoms with Crippen molar-refractivity contribution in [1.29, 1.82) is 0 Å². The average molecular weight is 515 g/mol. The monoisotopic (exact) mass is 515 g/mol. The van der Waals surface area contributed by atoms with E-state index < -0.39 is 0 Å². The lowest BCUT2D eigenvalue weighted by Gasteiger charge is -2.11. The molecule has 146 valence electrons. The summed E-state index contributed by atoms with van der Waals surface area (Å²) in [6.45, 7) is 3.91. The standard InChI is InChI=1S/C19H25N5S2.HI/c1-14-15(16-6-3-4-7-17(16)24-14)8-10-22-18(20-2)21-9-5-12-25-19-23-11-13-26-19;/h3-4,6-7,11,13,24H,5,8-10,12H2,1-2H3,(H2,20,21,22);1H. The molecule has 3 N–H and O–H groups in total. The molecule has 27 heavy (non-hydrogen) atoms. The van der Waals surface area contributed by atoms with Gasteiger partial charge in [0.15, 0.2) is 5.96 Å². The van der Waals surface area contributed by atoms with Crippen LogP contribution >= 0.6 is 47.1 Å². The van der Waals surface area contributed by atoms with Crippen LogP contribution in [0.3, 0.4) is 0 Å². The number of H-pyrrole nitrogens is 1. The first-order chi connectivity index (χ1) is 12.8. The second-order valence-electron chi connectivity index (χ2n) is 5.95. The third kappa shape index (κ3) is 6.39. The zero-order chi connectivity index (χ0) is 18.2. The van der Waals surface area contributed by atoms with Gasteiger partial charge in [-0.05, 0) is 31.4 Å². The lowest BCUT2D eigenvalue weighted by molar-refractivity contribution is 0.776. The molecule has 0 aliphatic heterocycles. The highest BCUT2D eigenvalue weighted by atomic mass is 127. The highest BCUT2D eigenvalue weighted by molar-refractivity contribution is 14.0. The van der Waals surface area contributed by atoms with Gasteiger partial charge in [-0.25, -0.2) is 4.98 Å². The normalized spacial score (nSPS) is 11.4. The van der Waals surface area contributed by atoms with Crippen molar-refractivity contribution >= 4 is 63.9 Å². The largest absolute Gasteiger partial charge is 0.358 e. The number of guanidine groups is 1. The molecule has 2 heterocycles. The number of hydrogen-bond donors (Lipinski definition) is 3. The minimum absolute atomic E-state index is 0. The van der Waals surface area contributed by atoms with Crippen molar-refractivity contribution in [1.82, 2.24) is 20.6 Å². The van der Waals surface area contributed by atoms with E-state index in [1.165, 1.54) is 22.2 Å². The molecule has 0 aliphatic carbocycles. The summed E-state index contributed by atoms with van der Waals surface area (Å²) in [7, 11) is 1.82. The summed E-state index contributed by atoms with van der Waals surface area (Å²) in [4.78, 5) is 12.0. The Morgan fingerprint density at radius 1 is 1.26 bits per heavy atom. The number of para-hydroxylation sites is 1. The molecule has 2 aromatic heterocycles. The molecule has 0 saturated carbocycles. The van der Waals surface area contributed by atoms with Crippen LogP contribution in [0.25, 0.3) is 10.9 Å². The Morgan fingerprint density at radius 2 is 2.07 bits per heavy atom. The van der Waals surface area contributed by atoms with Crippen LogP contribution in [0.1, 0.15) is 17.7 Å². The zero-order valence-electron chi connectivity index (χ0n) is 15.6. The molecule has 0 saturated heterocycles. The van der Waals surface area contributed by atoms with E-state index in [1.54, 1.807) is 11.3 Å². The van der Waals surface area contributed by atoms with Crippen LogP contribution in [0.15, 0.2) is 45.2 Å². The van der Waals surface area contributed by atoms with Crippen molar-refractivity contribution < 1.29 is 0 Å². The van der Waals surface area contributed by atoms with Crippen LogP contribution < -0.4 is 10.6 Å². The molecule has 0 atom stereocenters. The Morgan fingerprint density at radius 3 is 2.85 bits per heavy atom. The Labute approximate surface area is 185 Å². The van der Waals surface area contributed by atoms with E-state index >= 15 is 0 Å². The van der Waals surface area contributed by atoms with E-state index in [0.717, 1.165) is 42.0 Å². The summed E-state index contributed by atoms with van der Waals surface area (Å²) in [6, 6.07) is 8.47. The van der Waals surface area contributed by atoms with Crippen LogP contribution in [0.5, 0.6) is 0 Å². The van der Waals surface area contributed by atoms with Gasteiger partial charge in [0.25, 0.3) is 0 Å². The molecule has 5 nitrogen and oxygen atoms in total. The van der Waals surface area contributed by atoms with Gasteiger partial charge in [0.1, 0.15) is 4.34 Å². The molecule has 0 bridgehead atoms. The first-order valence-corrected chi connectivity index (χ1v) is 10.7. The SMILES string of the molecule is CN=C(NCCCSc1nccs1)NCCc1c(C)[nH]c2ccccc12.I. The molecular weight excluding hydrogens is 489 g/mol. The van der Waals surface area contributed by atoms with E-state index in [9.17, 15) is 0 Å². The summed E-state index contributed by atoms with van der Waals surface area (Å²) >= 11 is 3.50. The van der Waals surface area contributed by atoms with Crippen LogP contribution in [-0.2, 0) is 6.42 Å². The number of nitrogens with one attached hydrogen (secondary N) is 3. The quantitative estimate of drug-likeness (QED) is 0.137. The number of aryl methyl sites for hydroxylation is 1. The maximum absolute atomic E-state index is 4.31. The first kappa shape index (κ1) is 22.0. The predicted molar refractivity (Wildman–Crippen MR) is 129 cm³/mol. The molecular formula is C19H26IN5S2. The second-order valence-corrected chi connectivity index (χ2v) is 8.19. The molecule has 3 aromatic rings. The molecule has 3 rings (SSSR count). The molecule has 8 heteroatoms. The van der Waals surface area contributed by atoms with Crippen LogP contribution in [0.4, 0.5) is 0 Å². The van der Waals surface area contributed by atoms with Crippen molar-refractivity contribution in [3.05, 3.63) is 47.1 Å². The van der Waals surface area contributed by atoms with E-state index in [1.807, 2.05) is 30.4 Å². The average Bonchev–Trinajstić information content (AvgIpc) is 3.27. The molecule has 0 radical (unpaired) electrons. The Balaban J connectivity index is 0.00000261. The number of aliphatic imine (C=N–C) groups is 1. The predicted octanol–water partition coefficient (Wildman–Crippen LogP) is 4.44. The molecule has 0 amide bonds. The fourth-order valence-corrected chi connectivity index (χ4v) is 4.55. The maximum atomic E-state index is 4.31. The number of nitrogens with zero attached hydrogens (tertiary/aromatic N) is 2. The molecule has 1 aromatic carbocycles. The minimum atomic E-state index is 0. The summed E-state index contributed by atoms with van der Waals surface area (Å²) < 4.78 is 1.14. The number of thioether (sulfide) groups is 1. The van der Waals surface area contributed by atoms with E-state index in [4.69, 9.17) is 0 Å². The Hall–Kier alpha value is -1.26. The number of benzene rings is 1. The summed E-state index contributed by atoms with van der Waals surface area (Å²) in [5.74, 6) is 1.92. The first-order valence-electron chi connectivity index (χ1n) is 8.81. The number of aromatic amines is 1. The fourth-order valence-electron chi connectivity index (χ4n) is 2.90. The van der Waals surface area contributed by atoms with Crippen molar-refractivity contribution in [2.45, 2.75) is 24.1 Å². The topological polar surface area (TPSA) is 65.1 Å². The zero-order valence-corrected chi connectivity index (χ0v) is 19.6. The summed E-state index contributed by atoms with van der Waals surface area (Å²) in [5.41, 5.74) is 3.83. The smallest absolute Gasteiger partial charge is 0.190 e. The van der Waals surface area contributed by atoms with Crippen molar-refractivity contribution in [3.63, 3.8) is 0 Å². The maximum Gasteiger partial charge on any atom is 0.190 e. The number of thiazole rings is 1. The van der Waals surface area contributed by atoms with Gasteiger partial charge < -0.3 is 15.6 Å². The van der Waals surface area contributed by atoms with E-state index in [-0.39, 0.29) is 24.0 Å². The van der Waals surface area contributed by atoms with Gasteiger partial charge in [-0.3, -0.25) is 4.99 Å². The van der Waals surface area contributed by atoms with Crippen LogP contribution in [0, 0.1) is 6.92 Å². The highest BCUT2D eigenvalue weighted by Crippen LogP contribution is 2.22. The number of halogens is 1. The molecule has 0 unspecified atom stereocenters. The second kappa shape index (κ2) is 11.6. The van der Waals surface area contributed by atoms with Crippen LogP contribution in [-0.4, -0.2) is 41.8 Å². The fraction of sp³-hybridized carbons (Fsp3) is 0.368. The van der Waals surface area contributed by atoms with Gasteiger partial charge in [-0.2, -0.15) is 0 Å². The number of aromatic nitrogens is 2. The van der Waals surface area contributed by atoms with Crippen LogP contribution in [0.2, 0.25) is 0 Å². The van der Waals surface area contributed by atoms with Gasteiger partial charge >= 0.3 is 0 Å². The molecule has 0 fully saturated rings. The number of hydrogen-bond acceptors (Lipinski definition) is 4. The van der Waals surface area contributed by atoms with Gasteiger partial charge in [0.05, 0.1) is 0 Å². The van der Waals surface area contributed by atoms with Crippen molar-refractivity contribution in [2.24, 2.45) is 4.99 Å². The van der Waals surface area contributed by atoms with Crippen molar-refractivity contribution in [3.8, 4) is 0 Å². The molecule has 0 spiro atoms. The third-order valence-corrected chi connectivity index (χ3v) is 6.22. The minimum Gasteiger partial charge on any atom is -0.358 e. The third-order valence-electron chi connectivity index (χ3n) is 4.17. The van der Waals surface area contributed by atoms with Gasteiger partial charge in [0, 0.05) is 54.1 Å². The van der Waals surface area contributed by atoms with Gasteiger partial charge in [-0.1, -0.05) is 30.0 Å². The lowest BCUT2D eigenvalue weighted by atomic mass is 10.1. The van der Waals surface area contributed by atoms with E-state index in [2.05, 4.69) is 56.8 Å². The van der Waals surface area contributed by atoms with E-state index in [0.29, 0.717) is 0 Å². The van der Waals surface area contributed by atoms with Gasteiger partial charge in [-0.15, -0.1) is 35.3 Å². The summed E-state index contributed by atoms with van der Waals surface area (Å²) in [6.07, 6.45) is 3.90.